The number of hydrogen-bond acceptors (Lipinski definition) is 11. The van der Waals surface area contributed by atoms with Crippen LogP contribution >= 0.6 is 0 Å². The average Bonchev–Trinajstić information content (AvgIpc) is 3.18. The monoisotopic (exact) mass is 804 g/mol. The van der Waals surface area contributed by atoms with Crippen LogP contribution in [0.1, 0.15) is 112 Å². The summed E-state index contributed by atoms with van der Waals surface area (Å²) in [5.41, 5.74) is 1.92. The zero-order chi connectivity index (χ0) is 42.0. The lowest BCUT2D eigenvalue weighted by Gasteiger charge is -2.45. The molecule has 0 aromatic carbocycles. The molecule has 2 bridgehead atoms. The molecule has 3 heterocycles. The van der Waals surface area contributed by atoms with Gasteiger partial charge >= 0.3 is 0 Å². The molecule has 14 atom stereocenters. The molecular formula is C45H73NO11. The quantitative estimate of drug-likeness (QED) is 0.220. The number of amides is 1. The minimum absolute atomic E-state index is 0.0688. The van der Waals surface area contributed by atoms with Crippen LogP contribution in [0.2, 0.25) is 0 Å². The number of hydrogen-bond donors (Lipinski definition) is 3. The van der Waals surface area contributed by atoms with E-state index >= 15 is 0 Å². The van der Waals surface area contributed by atoms with E-state index in [9.17, 15) is 29.7 Å². The van der Waals surface area contributed by atoms with Gasteiger partial charge in [-0.1, -0.05) is 44.6 Å². The normalized spacial score (nSPS) is 41.3. The van der Waals surface area contributed by atoms with Crippen molar-refractivity contribution in [1.29, 1.82) is 0 Å². The number of methoxy groups -OCH3 is 3. The van der Waals surface area contributed by atoms with Crippen LogP contribution in [0.5, 0.6) is 0 Å². The smallest absolute Gasteiger partial charge is 0.296 e. The molecule has 4 aliphatic rings. The van der Waals surface area contributed by atoms with E-state index in [2.05, 4.69) is 19.6 Å². The van der Waals surface area contributed by atoms with E-state index in [1.54, 1.807) is 34.3 Å². The van der Waals surface area contributed by atoms with Gasteiger partial charge in [-0.15, -0.1) is 6.58 Å². The van der Waals surface area contributed by atoms with Crippen LogP contribution in [-0.4, -0.2) is 127 Å². The van der Waals surface area contributed by atoms with Crippen LogP contribution in [0.15, 0.2) is 36.0 Å². The van der Waals surface area contributed by atoms with Crippen molar-refractivity contribution in [2.75, 3.05) is 34.5 Å². The summed E-state index contributed by atoms with van der Waals surface area (Å²) in [4.78, 5) is 43.8. The second kappa shape index (κ2) is 21.8. The second-order valence-electron chi connectivity index (χ2n) is 17.7. The fourth-order valence-electron chi connectivity index (χ4n) is 9.72. The largest absolute Gasteiger partial charge is 0.392 e. The summed E-state index contributed by atoms with van der Waals surface area (Å²) in [7, 11) is 4.81. The highest BCUT2D eigenvalue weighted by Crippen LogP contribution is 2.38. The molecule has 12 heteroatoms. The first-order valence-electron chi connectivity index (χ1n) is 21.4. The summed E-state index contributed by atoms with van der Waals surface area (Å²) in [6.45, 7) is 14.0. The Morgan fingerprint density at radius 2 is 1.67 bits per heavy atom. The molecule has 0 aromatic rings. The number of ketones is 2. The van der Waals surface area contributed by atoms with E-state index < -0.39 is 71.8 Å². The maximum absolute atomic E-state index is 14.2. The number of carbonyl (C=O) groups is 3. The van der Waals surface area contributed by atoms with E-state index in [0.29, 0.717) is 64.3 Å². The summed E-state index contributed by atoms with van der Waals surface area (Å²) >= 11 is 0. The lowest BCUT2D eigenvalue weighted by molar-refractivity contribution is -0.289. The van der Waals surface area contributed by atoms with Crippen LogP contribution < -0.4 is 0 Å². The Bertz CT molecular complexity index is 1410. The fraction of sp³-hybridized carbons (Fsp3) is 0.800. The zero-order valence-electron chi connectivity index (χ0n) is 35.9. The second-order valence-corrected chi connectivity index (χ2v) is 17.7. The highest BCUT2D eigenvalue weighted by molar-refractivity contribution is 6.38. The van der Waals surface area contributed by atoms with Gasteiger partial charge in [0.05, 0.1) is 55.4 Å². The van der Waals surface area contributed by atoms with Crippen molar-refractivity contribution in [2.24, 2.45) is 29.6 Å². The minimum Gasteiger partial charge on any atom is -0.392 e. The van der Waals surface area contributed by atoms with E-state index in [1.807, 2.05) is 26.8 Å². The van der Waals surface area contributed by atoms with E-state index in [0.717, 1.165) is 24.0 Å². The van der Waals surface area contributed by atoms with Gasteiger partial charge in [-0.05, 0) is 95.5 Å². The van der Waals surface area contributed by atoms with Gasteiger partial charge in [-0.3, -0.25) is 14.4 Å². The number of carbonyl (C=O) groups excluding carboxylic acids is 3. The first-order valence-corrected chi connectivity index (χ1v) is 21.4. The molecule has 12 nitrogen and oxygen atoms in total. The summed E-state index contributed by atoms with van der Waals surface area (Å²) < 4.78 is 30.3. The highest BCUT2D eigenvalue weighted by Gasteiger charge is 2.55. The van der Waals surface area contributed by atoms with E-state index in [4.69, 9.17) is 23.7 Å². The van der Waals surface area contributed by atoms with Crippen molar-refractivity contribution in [3.63, 3.8) is 0 Å². The predicted octanol–water partition coefficient (Wildman–Crippen LogP) is 5.50. The van der Waals surface area contributed by atoms with E-state index in [-0.39, 0.29) is 42.9 Å². The number of allylic oxidation sites excluding steroid dienone is 4. The van der Waals surface area contributed by atoms with Gasteiger partial charge in [0.1, 0.15) is 5.78 Å². The van der Waals surface area contributed by atoms with Crippen molar-refractivity contribution >= 4 is 17.5 Å². The summed E-state index contributed by atoms with van der Waals surface area (Å²) in [5, 5.41) is 34.2. The van der Waals surface area contributed by atoms with Crippen LogP contribution in [0.25, 0.3) is 0 Å². The Hall–Kier alpha value is -2.29. The topological polar surface area (TPSA) is 161 Å². The SMILES string of the molecule is C=CC[C@@H]1/C=C(\C)C[C@H](C)C[C@H](OC)C[C@H]2O[C@@](O)(C(=O)C(=O)N3CCCC[C@H]3CO[C@H](/C(C)=C/[C@@H]3CC[C@@H](O)[C@H](OC)C3)[C@H](C)[C@@H](O)CC1=O)[C@H](C)C[C@@H]2OC. The van der Waals surface area contributed by atoms with Crippen molar-refractivity contribution in [2.45, 2.75) is 166 Å². The molecule has 0 unspecified atom stereocenters. The molecule has 0 spiro atoms. The first-order chi connectivity index (χ1) is 27.1. The highest BCUT2D eigenvalue weighted by atomic mass is 16.7. The zero-order valence-corrected chi connectivity index (χ0v) is 35.9. The number of Topliss-reactive ketones (excluding diaryl/α,β-unsaturated/α-hetero) is 2. The van der Waals surface area contributed by atoms with E-state index in [1.165, 1.54) is 4.90 Å². The lowest BCUT2D eigenvalue weighted by atomic mass is 9.81. The number of piperidine rings is 1. The third kappa shape index (κ3) is 12.2. The molecule has 4 rings (SSSR count). The molecule has 1 amide bonds. The molecule has 3 N–H and O–H groups in total. The Labute approximate surface area is 341 Å². The molecule has 1 aliphatic carbocycles. The van der Waals surface area contributed by atoms with Crippen molar-refractivity contribution in [3.8, 4) is 0 Å². The third-order valence-electron chi connectivity index (χ3n) is 13.2. The van der Waals surface area contributed by atoms with Crippen molar-refractivity contribution < 1.29 is 53.4 Å². The van der Waals surface area contributed by atoms with Crippen LogP contribution in [0.4, 0.5) is 0 Å². The van der Waals surface area contributed by atoms with Crippen molar-refractivity contribution in [1.82, 2.24) is 4.90 Å². The third-order valence-corrected chi connectivity index (χ3v) is 13.2. The number of aliphatic hydroxyl groups excluding tert-OH is 2. The molecule has 324 valence electrons. The Balaban J connectivity index is 1.72. The predicted molar refractivity (Wildman–Crippen MR) is 217 cm³/mol. The summed E-state index contributed by atoms with van der Waals surface area (Å²) in [6.07, 6.45) is 8.49. The number of rotatable bonds is 7. The summed E-state index contributed by atoms with van der Waals surface area (Å²) in [6, 6.07) is -0.466. The molecule has 0 aromatic heterocycles. The molecular weight excluding hydrogens is 730 g/mol. The van der Waals surface area contributed by atoms with Gasteiger partial charge in [-0.25, -0.2) is 0 Å². The number of aliphatic hydroxyl groups is 3. The maximum atomic E-state index is 14.2. The molecule has 1 saturated carbocycles. The van der Waals surface area contributed by atoms with Gasteiger partial charge in [-0.2, -0.15) is 0 Å². The molecule has 57 heavy (non-hydrogen) atoms. The average molecular weight is 804 g/mol. The maximum Gasteiger partial charge on any atom is 0.296 e. The van der Waals surface area contributed by atoms with Crippen LogP contribution in [0.3, 0.4) is 0 Å². The Morgan fingerprint density at radius 3 is 2.33 bits per heavy atom. The number of nitrogens with zero attached hydrogens (tertiary/aromatic N) is 1. The van der Waals surface area contributed by atoms with Gasteiger partial charge in [0.25, 0.3) is 11.7 Å². The Morgan fingerprint density at radius 1 is 0.947 bits per heavy atom. The lowest BCUT2D eigenvalue weighted by Crippen LogP contribution is -2.62. The fourth-order valence-corrected chi connectivity index (χ4v) is 9.72. The molecule has 0 radical (unpaired) electrons. The molecule has 3 aliphatic heterocycles. The minimum atomic E-state index is -2.35. The Kier molecular flexibility index (Phi) is 18.1. The first kappa shape index (κ1) is 47.4. The van der Waals surface area contributed by atoms with Gasteiger partial charge in [0, 0.05) is 58.5 Å². The van der Waals surface area contributed by atoms with Crippen LogP contribution in [-0.2, 0) is 38.1 Å². The van der Waals surface area contributed by atoms with Crippen molar-refractivity contribution in [3.05, 3.63) is 36.0 Å². The van der Waals surface area contributed by atoms with Gasteiger partial charge in [0.2, 0.25) is 5.79 Å². The molecule has 2 saturated heterocycles. The van der Waals surface area contributed by atoms with Gasteiger partial charge in [0.15, 0.2) is 0 Å². The number of fused-ring (bicyclic) bond motifs is 3. The number of ether oxygens (including phenoxy) is 5. The molecule has 3 fully saturated rings. The van der Waals surface area contributed by atoms with Gasteiger partial charge < -0.3 is 43.9 Å². The summed E-state index contributed by atoms with van der Waals surface area (Å²) in [5.74, 6) is -5.63. The standard InChI is InChI=1S/C45H73NO11/c1-10-13-33-19-27(2)18-28(3)20-35(53-7)24-41-40(55-9)22-30(5)45(52,57-41)43(50)44(51)46-17-12-11-14-34(46)26-56-42(31(6)37(48)25-38(33)49)29(4)21-32-15-16-36(47)39(23-32)54-8/h10,19,21,28,30-37,39-42,47-48,52H,1,11-18,20,22-26H2,2-9H3/b27-19+,29-21+/t28-,30+,31+,32-,33+,34-,35-,36+,37-,39+,40-,41+,42+,45+/m0/s1. The van der Waals surface area contributed by atoms with Crippen LogP contribution in [0, 0.1) is 29.6 Å².